The maximum atomic E-state index is 6.22. The maximum Gasteiger partial charge on any atom is 0.123 e. The van der Waals surface area contributed by atoms with Crippen molar-refractivity contribution in [2.45, 2.75) is 45.6 Å². The first-order valence-corrected chi connectivity index (χ1v) is 6.17. The van der Waals surface area contributed by atoms with E-state index in [1.54, 1.807) is 0 Å². The molecule has 1 aliphatic carbocycles. The standard InChI is InChI=1S/C14H21NO/c1-4-16-12-8-6-9(2)13-11(15)7-5-10(3)14(12)13/h6,8,10-11H,4-5,7,15H2,1-3H3. The quantitative estimate of drug-likeness (QED) is 0.828. The van der Waals surface area contributed by atoms with Crippen molar-refractivity contribution in [3.05, 3.63) is 28.8 Å². The monoisotopic (exact) mass is 219 g/mol. The Morgan fingerprint density at radius 2 is 2.06 bits per heavy atom. The molecule has 1 aromatic carbocycles. The van der Waals surface area contributed by atoms with Crippen LogP contribution < -0.4 is 10.5 Å². The molecule has 0 heterocycles. The molecule has 0 bridgehead atoms. The zero-order valence-corrected chi connectivity index (χ0v) is 10.4. The molecular formula is C14H21NO. The number of aryl methyl sites for hydroxylation is 1. The minimum Gasteiger partial charge on any atom is -0.494 e. The Kier molecular flexibility index (Phi) is 3.20. The van der Waals surface area contributed by atoms with E-state index in [1.165, 1.54) is 16.7 Å². The zero-order valence-electron chi connectivity index (χ0n) is 10.4. The van der Waals surface area contributed by atoms with E-state index >= 15 is 0 Å². The Hall–Kier alpha value is -1.02. The molecule has 2 N–H and O–H groups in total. The van der Waals surface area contributed by atoms with Crippen LogP contribution in [-0.2, 0) is 0 Å². The predicted octanol–water partition coefficient (Wildman–Crippen LogP) is 3.29. The van der Waals surface area contributed by atoms with E-state index in [9.17, 15) is 0 Å². The van der Waals surface area contributed by atoms with Crippen molar-refractivity contribution in [1.82, 2.24) is 0 Å². The lowest BCUT2D eigenvalue weighted by Crippen LogP contribution is -2.21. The molecule has 2 nitrogen and oxygen atoms in total. The van der Waals surface area contributed by atoms with Crippen LogP contribution in [0.15, 0.2) is 12.1 Å². The summed E-state index contributed by atoms with van der Waals surface area (Å²) in [7, 11) is 0. The van der Waals surface area contributed by atoms with Gasteiger partial charge in [0.15, 0.2) is 0 Å². The van der Waals surface area contributed by atoms with Crippen molar-refractivity contribution in [3.63, 3.8) is 0 Å². The van der Waals surface area contributed by atoms with E-state index in [-0.39, 0.29) is 6.04 Å². The topological polar surface area (TPSA) is 35.2 Å². The maximum absolute atomic E-state index is 6.22. The first-order chi connectivity index (χ1) is 7.65. The van der Waals surface area contributed by atoms with Crippen molar-refractivity contribution in [2.24, 2.45) is 5.73 Å². The van der Waals surface area contributed by atoms with Gasteiger partial charge < -0.3 is 10.5 Å². The first-order valence-electron chi connectivity index (χ1n) is 6.17. The van der Waals surface area contributed by atoms with Gasteiger partial charge in [-0.15, -0.1) is 0 Å². The molecule has 88 valence electrons. The van der Waals surface area contributed by atoms with Crippen molar-refractivity contribution in [2.75, 3.05) is 6.61 Å². The van der Waals surface area contributed by atoms with E-state index in [0.29, 0.717) is 5.92 Å². The summed E-state index contributed by atoms with van der Waals surface area (Å²) in [6.07, 6.45) is 2.25. The summed E-state index contributed by atoms with van der Waals surface area (Å²) in [6.45, 7) is 7.16. The summed E-state index contributed by atoms with van der Waals surface area (Å²) in [4.78, 5) is 0. The SMILES string of the molecule is CCOc1ccc(C)c2c1C(C)CCC2N. The number of rotatable bonds is 2. The largest absolute Gasteiger partial charge is 0.494 e. The summed E-state index contributed by atoms with van der Waals surface area (Å²) in [6, 6.07) is 4.40. The van der Waals surface area contributed by atoms with Gasteiger partial charge in [-0.05, 0) is 49.8 Å². The summed E-state index contributed by atoms with van der Waals surface area (Å²) in [5.41, 5.74) is 10.2. The lowest BCUT2D eigenvalue weighted by Gasteiger charge is -2.30. The molecule has 0 aliphatic heterocycles. The molecule has 2 heteroatoms. The summed E-state index contributed by atoms with van der Waals surface area (Å²) >= 11 is 0. The summed E-state index contributed by atoms with van der Waals surface area (Å²) in [5, 5.41) is 0. The molecule has 0 aromatic heterocycles. The third-order valence-corrected chi connectivity index (χ3v) is 3.54. The van der Waals surface area contributed by atoms with Gasteiger partial charge in [0.05, 0.1) is 6.61 Å². The fourth-order valence-corrected chi connectivity index (χ4v) is 2.73. The third-order valence-electron chi connectivity index (χ3n) is 3.54. The molecule has 1 aliphatic rings. The van der Waals surface area contributed by atoms with Crippen LogP contribution in [-0.4, -0.2) is 6.61 Å². The molecule has 1 aromatic rings. The average Bonchev–Trinajstić information content (AvgIpc) is 2.26. The molecule has 0 fully saturated rings. The highest BCUT2D eigenvalue weighted by Crippen LogP contribution is 2.42. The lowest BCUT2D eigenvalue weighted by molar-refractivity contribution is 0.329. The van der Waals surface area contributed by atoms with Gasteiger partial charge in [-0.1, -0.05) is 13.0 Å². The second kappa shape index (κ2) is 4.46. The Bertz CT molecular complexity index is 387. The lowest BCUT2D eigenvalue weighted by atomic mass is 9.79. The summed E-state index contributed by atoms with van der Waals surface area (Å²) in [5.74, 6) is 1.60. The van der Waals surface area contributed by atoms with Crippen LogP contribution in [0.2, 0.25) is 0 Å². The van der Waals surface area contributed by atoms with Crippen molar-refractivity contribution in [3.8, 4) is 5.75 Å². The molecule has 16 heavy (non-hydrogen) atoms. The van der Waals surface area contributed by atoms with Crippen LogP contribution in [0.25, 0.3) is 0 Å². The first kappa shape index (κ1) is 11.5. The molecule has 0 amide bonds. The smallest absolute Gasteiger partial charge is 0.123 e. The molecule has 0 saturated carbocycles. The fraction of sp³-hybridized carbons (Fsp3) is 0.571. The second-order valence-corrected chi connectivity index (χ2v) is 4.73. The molecule has 2 rings (SSSR count). The number of hydrogen-bond donors (Lipinski definition) is 1. The van der Waals surface area contributed by atoms with Gasteiger partial charge in [-0.25, -0.2) is 0 Å². The van der Waals surface area contributed by atoms with Crippen LogP contribution >= 0.6 is 0 Å². The summed E-state index contributed by atoms with van der Waals surface area (Å²) < 4.78 is 5.72. The normalized spacial score (nSPS) is 24.0. The van der Waals surface area contributed by atoms with Gasteiger partial charge in [-0.3, -0.25) is 0 Å². The van der Waals surface area contributed by atoms with Crippen LogP contribution in [0.1, 0.15) is 55.3 Å². The molecule has 2 atom stereocenters. The van der Waals surface area contributed by atoms with E-state index in [0.717, 1.165) is 25.2 Å². The van der Waals surface area contributed by atoms with Crippen molar-refractivity contribution in [1.29, 1.82) is 0 Å². The van der Waals surface area contributed by atoms with Gasteiger partial charge >= 0.3 is 0 Å². The van der Waals surface area contributed by atoms with E-state index in [1.807, 2.05) is 6.92 Å². The Balaban J connectivity index is 2.55. The van der Waals surface area contributed by atoms with E-state index in [2.05, 4.69) is 26.0 Å². The minimum absolute atomic E-state index is 0.187. The van der Waals surface area contributed by atoms with Crippen LogP contribution in [0.5, 0.6) is 5.75 Å². The van der Waals surface area contributed by atoms with Crippen molar-refractivity contribution >= 4 is 0 Å². The Morgan fingerprint density at radius 3 is 2.75 bits per heavy atom. The molecule has 0 saturated heterocycles. The van der Waals surface area contributed by atoms with Gasteiger partial charge in [0, 0.05) is 11.6 Å². The third kappa shape index (κ3) is 1.82. The number of ether oxygens (including phenoxy) is 1. The van der Waals surface area contributed by atoms with Gasteiger partial charge in [0.25, 0.3) is 0 Å². The minimum atomic E-state index is 0.187. The second-order valence-electron chi connectivity index (χ2n) is 4.73. The molecular weight excluding hydrogens is 198 g/mol. The zero-order chi connectivity index (χ0) is 11.7. The van der Waals surface area contributed by atoms with Gasteiger partial charge in [-0.2, -0.15) is 0 Å². The highest BCUT2D eigenvalue weighted by atomic mass is 16.5. The number of benzene rings is 1. The molecule has 2 unspecified atom stereocenters. The van der Waals surface area contributed by atoms with Gasteiger partial charge in [0.1, 0.15) is 5.75 Å². The predicted molar refractivity (Wildman–Crippen MR) is 66.9 cm³/mol. The highest BCUT2D eigenvalue weighted by molar-refractivity contribution is 5.49. The van der Waals surface area contributed by atoms with Crippen LogP contribution in [0.3, 0.4) is 0 Å². The van der Waals surface area contributed by atoms with Crippen LogP contribution in [0, 0.1) is 6.92 Å². The Labute approximate surface area is 97.8 Å². The van der Waals surface area contributed by atoms with Crippen LogP contribution in [0.4, 0.5) is 0 Å². The molecule has 0 spiro atoms. The number of nitrogens with two attached hydrogens (primary N) is 1. The fourth-order valence-electron chi connectivity index (χ4n) is 2.73. The number of hydrogen-bond acceptors (Lipinski definition) is 2. The van der Waals surface area contributed by atoms with E-state index in [4.69, 9.17) is 10.5 Å². The average molecular weight is 219 g/mol. The van der Waals surface area contributed by atoms with Gasteiger partial charge in [0.2, 0.25) is 0 Å². The highest BCUT2D eigenvalue weighted by Gasteiger charge is 2.26. The van der Waals surface area contributed by atoms with Crippen molar-refractivity contribution < 1.29 is 4.74 Å². The van der Waals surface area contributed by atoms with E-state index < -0.39 is 0 Å². The Morgan fingerprint density at radius 1 is 1.31 bits per heavy atom. The number of fused-ring (bicyclic) bond motifs is 1. The molecule has 0 radical (unpaired) electrons.